The number of ether oxygens (including phenoxy) is 1. The fourth-order valence-electron chi connectivity index (χ4n) is 4.59. The number of esters is 1. The molecule has 0 bridgehead atoms. The van der Waals surface area contributed by atoms with Gasteiger partial charge in [0, 0.05) is 5.92 Å². The molecule has 2 fully saturated rings. The Bertz CT molecular complexity index is 750. The monoisotopic (exact) mass is 398 g/mol. The van der Waals surface area contributed by atoms with Crippen LogP contribution in [0.3, 0.4) is 0 Å². The summed E-state index contributed by atoms with van der Waals surface area (Å²) in [6.07, 6.45) is 6.13. The number of carbonyl (C=O) groups excluding carboxylic acids is 3. The molecular weight excluding hydrogens is 364 g/mol. The van der Waals surface area contributed by atoms with Crippen molar-refractivity contribution in [3.63, 3.8) is 0 Å². The van der Waals surface area contributed by atoms with E-state index in [1.54, 1.807) is 6.92 Å². The van der Waals surface area contributed by atoms with E-state index in [2.05, 4.69) is 32.9 Å². The zero-order chi connectivity index (χ0) is 21.2. The maximum atomic E-state index is 12.9. The first kappa shape index (κ1) is 21.7. The van der Waals surface area contributed by atoms with Gasteiger partial charge >= 0.3 is 5.97 Å². The molecule has 0 aromatic heterocycles. The van der Waals surface area contributed by atoms with Crippen LogP contribution in [0.2, 0.25) is 0 Å². The average Bonchev–Trinajstić information content (AvgIpc) is 2.95. The first-order valence-corrected chi connectivity index (χ1v) is 11.0. The fraction of sp³-hybridized carbons (Fsp3) is 0.640. The van der Waals surface area contributed by atoms with Gasteiger partial charge in [-0.05, 0) is 35.3 Å². The van der Waals surface area contributed by atoms with Gasteiger partial charge < -0.3 is 4.74 Å². The summed E-state index contributed by atoms with van der Waals surface area (Å²) in [4.78, 5) is 38.0. The number of hydrogen-bond donors (Lipinski definition) is 0. The molecule has 1 aromatic carbocycles. The quantitative estimate of drug-likeness (QED) is 0.509. The normalized spacial score (nSPS) is 24.4. The summed E-state index contributed by atoms with van der Waals surface area (Å²) in [6.45, 7) is 8.29. The van der Waals surface area contributed by atoms with Gasteiger partial charge in [-0.3, -0.25) is 14.4 Å². The van der Waals surface area contributed by atoms with E-state index in [9.17, 15) is 14.4 Å². The lowest BCUT2D eigenvalue weighted by Crippen LogP contribution is -2.33. The molecule has 0 N–H and O–H groups in total. The minimum atomic E-state index is -1.23. The van der Waals surface area contributed by atoms with Crippen molar-refractivity contribution in [1.29, 1.82) is 0 Å². The molecule has 0 spiro atoms. The van der Waals surface area contributed by atoms with Crippen LogP contribution in [0.25, 0.3) is 0 Å². The third-order valence-corrected chi connectivity index (χ3v) is 6.50. The molecule has 4 heteroatoms. The van der Waals surface area contributed by atoms with Gasteiger partial charge in [-0.1, -0.05) is 84.1 Å². The van der Waals surface area contributed by atoms with E-state index < -0.39 is 23.9 Å². The van der Waals surface area contributed by atoms with Gasteiger partial charge in [0.1, 0.15) is 0 Å². The second kappa shape index (κ2) is 8.81. The first-order chi connectivity index (χ1) is 13.7. The lowest BCUT2D eigenvalue weighted by atomic mass is 9.82. The zero-order valence-electron chi connectivity index (χ0n) is 18.2. The Morgan fingerprint density at radius 2 is 1.69 bits per heavy atom. The van der Waals surface area contributed by atoms with Crippen molar-refractivity contribution in [2.24, 2.45) is 17.8 Å². The molecule has 1 aliphatic carbocycles. The first-order valence-electron chi connectivity index (χ1n) is 11.0. The van der Waals surface area contributed by atoms with E-state index in [1.807, 2.05) is 12.1 Å². The molecular formula is C25H34O4. The van der Waals surface area contributed by atoms with Gasteiger partial charge in [-0.15, -0.1) is 0 Å². The van der Waals surface area contributed by atoms with Crippen molar-refractivity contribution < 1.29 is 19.1 Å². The van der Waals surface area contributed by atoms with Crippen LogP contribution in [-0.4, -0.2) is 23.6 Å². The van der Waals surface area contributed by atoms with Crippen molar-refractivity contribution in [2.45, 2.75) is 84.2 Å². The summed E-state index contributed by atoms with van der Waals surface area (Å²) >= 11 is 0. The van der Waals surface area contributed by atoms with Crippen molar-refractivity contribution in [3.05, 3.63) is 35.4 Å². The topological polar surface area (TPSA) is 60.4 Å². The molecule has 158 valence electrons. The van der Waals surface area contributed by atoms with Crippen molar-refractivity contribution in [3.8, 4) is 0 Å². The molecule has 1 saturated heterocycles. The number of benzene rings is 1. The maximum Gasteiger partial charge on any atom is 0.325 e. The van der Waals surface area contributed by atoms with E-state index in [0.29, 0.717) is 18.8 Å². The average molecular weight is 399 g/mol. The third kappa shape index (κ3) is 5.15. The third-order valence-electron chi connectivity index (χ3n) is 6.50. The second-order valence-corrected chi connectivity index (χ2v) is 9.96. The van der Waals surface area contributed by atoms with Gasteiger partial charge in [0.15, 0.2) is 23.6 Å². The Balaban J connectivity index is 1.61. The maximum absolute atomic E-state index is 12.9. The highest BCUT2D eigenvalue weighted by Crippen LogP contribution is 2.32. The molecule has 3 rings (SSSR count). The van der Waals surface area contributed by atoms with Crippen LogP contribution in [0.4, 0.5) is 0 Å². The van der Waals surface area contributed by atoms with Crippen molar-refractivity contribution in [1.82, 2.24) is 0 Å². The van der Waals surface area contributed by atoms with Gasteiger partial charge in [0.05, 0.1) is 0 Å². The largest absolute Gasteiger partial charge is 0.453 e. The molecule has 3 atom stereocenters. The van der Waals surface area contributed by atoms with Crippen LogP contribution < -0.4 is 0 Å². The number of ketones is 2. The van der Waals surface area contributed by atoms with Crippen LogP contribution in [0, 0.1) is 17.8 Å². The Morgan fingerprint density at radius 3 is 2.28 bits per heavy atom. The highest BCUT2D eigenvalue weighted by atomic mass is 16.6. The van der Waals surface area contributed by atoms with E-state index in [0.717, 1.165) is 18.4 Å². The van der Waals surface area contributed by atoms with Crippen LogP contribution in [0.1, 0.15) is 77.3 Å². The molecule has 3 unspecified atom stereocenters. The molecule has 1 heterocycles. The minimum Gasteiger partial charge on any atom is -0.453 e. The second-order valence-electron chi connectivity index (χ2n) is 9.96. The molecule has 0 radical (unpaired) electrons. The summed E-state index contributed by atoms with van der Waals surface area (Å²) in [6, 6.07) is 8.24. The summed E-state index contributed by atoms with van der Waals surface area (Å²) in [7, 11) is 0. The minimum absolute atomic E-state index is 0.0767. The Labute approximate surface area is 174 Å². The highest BCUT2D eigenvalue weighted by molar-refractivity contribution is 6.22. The van der Waals surface area contributed by atoms with Crippen molar-refractivity contribution in [2.75, 3.05) is 0 Å². The Hall–Kier alpha value is -1.97. The van der Waals surface area contributed by atoms with Gasteiger partial charge in [-0.25, -0.2) is 0 Å². The van der Waals surface area contributed by atoms with Gasteiger partial charge in [0.2, 0.25) is 0 Å². The molecule has 1 aromatic rings. The molecule has 0 amide bonds. The fourth-order valence-corrected chi connectivity index (χ4v) is 4.59. The van der Waals surface area contributed by atoms with Crippen molar-refractivity contribution >= 4 is 17.5 Å². The van der Waals surface area contributed by atoms with Gasteiger partial charge in [0.25, 0.3) is 0 Å². The number of cyclic esters (lactones) is 1. The summed E-state index contributed by atoms with van der Waals surface area (Å²) in [5, 5.41) is 0. The predicted molar refractivity (Wildman–Crippen MR) is 113 cm³/mol. The number of hydrogen-bond acceptors (Lipinski definition) is 4. The molecule has 1 aliphatic heterocycles. The molecule has 29 heavy (non-hydrogen) atoms. The predicted octanol–water partition coefficient (Wildman–Crippen LogP) is 4.81. The molecule has 2 aliphatic rings. The smallest absolute Gasteiger partial charge is 0.325 e. The molecule has 1 saturated carbocycles. The SMILES string of the molecule is CC(Cc1ccc(C(C)(C)C)cc1)C(=O)C1C(=O)OC(CC2CCCCC2)C1=O. The van der Waals surface area contributed by atoms with E-state index in [-0.39, 0.29) is 17.0 Å². The zero-order valence-corrected chi connectivity index (χ0v) is 18.2. The summed E-state index contributed by atoms with van der Waals surface area (Å²) in [5.74, 6) is -2.46. The van der Waals surface area contributed by atoms with E-state index >= 15 is 0 Å². The van der Waals surface area contributed by atoms with Gasteiger partial charge in [-0.2, -0.15) is 0 Å². The Morgan fingerprint density at radius 1 is 1.07 bits per heavy atom. The Kier molecular flexibility index (Phi) is 6.60. The van der Waals surface area contributed by atoms with Crippen LogP contribution in [-0.2, 0) is 31.0 Å². The number of Topliss-reactive ketones (excluding diaryl/α,β-unsaturated/α-hetero) is 2. The highest BCUT2D eigenvalue weighted by Gasteiger charge is 2.49. The summed E-state index contributed by atoms with van der Waals surface area (Å²) in [5.41, 5.74) is 2.35. The van der Waals surface area contributed by atoms with Crippen LogP contribution in [0.5, 0.6) is 0 Å². The van der Waals surface area contributed by atoms with E-state index in [4.69, 9.17) is 4.74 Å². The lowest BCUT2D eigenvalue weighted by Gasteiger charge is -2.23. The van der Waals surface area contributed by atoms with Crippen LogP contribution >= 0.6 is 0 Å². The summed E-state index contributed by atoms with van der Waals surface area (Å²) < 4.78 is 5.35. The van der Waals surface area contributed by atoms with E-state index in [1.165, 1.54) is 24.8 Å². The number of rotatable bonds is 6. The number of carbonyl (C=O) groups is 3. The van der Waals surface area contributed by atoms with Crippen LogP contribution in [0.15, 0.2) is 24.3 Å². The standard InChI is InChI=1S/C25H34O4/c1-16(14-18-10-12-19(13-11-18)25(2,3)4)22(26)21-23(27)20(29-24(21)28)15-17-8-6-5-7-9-17/h10-13,16-17,20-21H,5-9,14-15H2,1-4H3. The molecule has 4 nitrogen and oxygen atoms in total. The lowest BCUT2D eigenvalue weighted by molar-refractivity contribution is -0.148.